The Morgan fingerprint density at radius 3 is 2.48 bits per heavy atom. The Hall–Kier alpha value is -2.70. The number of carbonyl (C=O) groups excluding carboxylic acids is 2. The number of hydrogen-bond acceptors (Lipinski definition) is 6. The van der Waals surface area contributed by atoms with Crippen LogP contribution in [0.2, 0.25) is 0 Å². The van der Waals surface area contributed by atoms with Crippen LogP contribution in [-0.2, 0) is 14.3 Å². The smallest absolute Gasteiger partial charge is 0.346 e. The number of ether oxygens (including phenoxy) is 2. The molecule has 0 aliphatic heterocycles. The lowest BCUT2D eigenvalue weighted by molar-refractivity contribution is -0.166. The molecule has 0 radical (unpaired) electrons. The van der Waals surface area contributed by atoms with Crippen molar-refractivity contribution in [1.82, 2.24) is 14.8 Å². The lowest BCUT2D eigenvalue weighted by Gasteiger charge is -2.24. The van der Waals surface area contributed by atoms with Crippen LogP contribution in [0, 0.1) is 5.41 Å². The lowest BCUT2D eigenvalue weighted by atomic mass is 9.90. The van der Waals surface area contributed by atoms with Crippen LogP contribution in [0.3, 0.4) is 0 Å². The third-order valence-electron chi connectivity index (χ3n) is 2.98. The fraction of sp³-hybridized carbons (Fsp3) is 0.375. The summed E-state index contributed by atoms with van der Waals surface area (Å²) in [4.78, 5) is 28.2. The third-order valence-corrected chi connectivity index (χ3v) is 2.98. The van der Waals surface area contributed by atoms with Gasteiger partial charge in [-0.05, 0) is 12.1 Å². The van der Waals surface area contributed by atoms with Gasteiger partial charge in [-0.2, -0.15) is 5.10 Å². The molecule has 0 aliphatic carbocycles. The van der Waals surface area contributed by atoms with E-state index >= 15 is 0 Å². The van der Waals surface area contributed by atoms with Gasteiger partial charge in [0.05, 0.1) is 0 Å². The summed E-state index contributed by atoms with van der Waals surface area (Å²) >= 11 is 0. The first-order valence-electron chi connectivity index (χ1n) is 7.13. The normalized spacial score (nSPS) is 12.5. The van der Waals surface area contributed by atoms with Crippen molar-refractivity contribution in [1.29, 1.82) is 0 Å². The fourth-order valence-electron chi connectivity index (χ4n) is 1.75. The van der Waals surface area contributed by atoms with Crippen molar-refractivity contribution in [2.24, 2.45) is 5.41 Å². The predicted molar refractivity (Wildman–Crippen MR) is 81.6 cm³/mol. The summed E-state index contributed by atoms with van der Waals surface area (Å²) in [7, 11) is 0. The number of ketones is 1. The number of aromatic nitrogens is 3. The second kappa shape index (κ2) is 7.04. The summed E-state index contributed by atoms with van der Waals surface area (Å²) < 4.78 is 11.8. The van der Waals surface area contributed by atoms with Crippen molar-refractivity contribution >= 4 is 11.8 Å². The summed E-state index contributed by atoms with van der Waals surface area (Å²) in [6.45, 7) is 4.93. The van der Waals surface area contributed by atoms with Crippen molar-refractivity contribution in [3.63, 3.8) is 0 Å². The van der Waals surface area contributed by atoms with E-state index in [1.54, 1.807) is 45.0 Å². The third kappa shape index (κ3) is 4.64. The zero-order valence-corrected chi connectivity index (χ0v) is 13.3. The highest BCUT2D eigenvalue weighted by Gasteiger charge is 2.34. The highest BCUT2D eigenvalue weighted by Crippen LogP contribution is 2.24. The average Bonchev–Trinajstić information content (AvgIpc) is 3.04. The Morgan fingerprint density at radius 1 is 1.22 bits per heavy atom. The first-order valence-corrected chi connectivity index (χ1v) is 7.13. The van der Waals surface area contributed by atoms with E-state index in [-0.39, 0.29) is 12.4 Å². The molecule has 1 atom stereocenters. The van der Waals surface area contributed by atoms with Crippen LogP contribution in [0.25, 0.3) is 0 Å². The van der Waals surface area contributed by atoms with Crippen LogP contribution in [0.5, 0.6) is 5.75 Å². The largest absolute Gasteiger partial charge is 0.482 e. The van der Waals surface area contributed by atoms with E-state index in [1.807, 2.05) is 6.07 Å². The van der Waals surface area contributed by atoms with E-state index in [9.17, 15) is 9.59 Å². The molecule has 1 unspecified atom stereocenters. The van der Waals surface area contributed by atoms with E-state index in [2.05, 4.69) is 10.1 Å². The molecule has 0 spiro atoms. The monoisotopic (exact) mass is 317 g/mol. The molecule has 0 bridgehead atoms. The Kier molecular flexibility index (Phi) is 5.10. The highest BCUT2D eigenvalue weighted by atomic mass is 16.6. The highest BCUT2D eigenvalue weighted by molar-refractivity contribution is 5.88. The lowest BCUT2D eigenvalue weighted by Crippen LogP contribution is -2.35. The summed E-state index contributed by atoms with van der Waals surface area (Å²) in [5.74, 6) is -0.396. The molecule has 7 nitrogen and oxygen atoms in total. The van der Waals surface area contributed by atoms with Gasteiger partial charge < -0.3 is 9.47 Å². The minimum atomic E-state index is -1.16. The van der Waals surface area contributed by atoms with Crippen LogP contribution in [0.4, 0.5) is 0 Å². The van der Waals surface area contributed by atoms with Crippen molar-refractivity contribution in [2.75, 3.05) is 6.61 Å². The first kappa shape index (κ1) is 16.7. The molecule has 0 amide bonds. The maximum Gasteiger partial charge on any atom is 0.346 e. The molecule has 0 saturated carbocycles. The minimum Gasteiger partial charge on any atom is -0.482 e. The van der Waals surface area contributed by atoms with Gasteiger partial charge in [-0.1, -0.05) is 39.0 Å². The van der Waals surface area contributed by atoms with Crippen LogP contribution < -0.4 is 4.74 Å². The van der Waals surface area contributed by atoms with E-state index in [0.717, 1.165) is 0 Å². The number of hydrogen-bond donors (Lipinski definition) is 0. The summed E-state index contributed by atoms with van der Waals surface area (Å²) in [5, 5.41) is 3.89. The molecule has 2 aromatic rings. The van der Waals surface area contributed by atoms with Crippen molar-refractivity contribution in [2.45, 2.75) is 27.0 Å². The molecule has 0 N–H and O–H groups in total. The number of carbonyl (C=O) groups is 2. The van der Waals surface area contributed by atoms with Gasteiger partial charge in [0.15, 0.2) is 6.61 Å². The summed E-state index contributed by atoms with van der Waals surface area (Å²) in [5.41, 5.74) is -0.697. The van der Waals surface area contributed by atoms with E-state index in [0.29, 0.717) is 5.75 Å². The Labute approximate surface area is 134 Å². The second-order valence-corrected chi connectivity index (χ2v) is 5.93. The Bertz CT molecular complexity index is 648. The van der Waals surface area contributed by atoms with Gasteiger partial charge in [0, 0.05) is 5.41 Å². The number of para-hydroxylation sites is 1. The molecule has 0 aliphatic rings. The van der Waals surface area contributed by atoms with Crippen LogP contribution in [-0.4, -0.2) is 33.1 Å². The first-order chi connectivity index (χ1) is 10.9. The van der Waals surface area contributed by atoms with Crippen LogP contribution in [0.15, 0.2) is 43.0 Å². The molecular weight excluding hydrogens is 298 g/mol. The van der Waals surface area contributed by atoms with Gasteiger partial charge in [0.2, 0.25) is 5.78 Å². The topological polar surface area (TPSA) is 83.3 Å². The quantitative estimate of drug-likeness (QED) is 0.758. The molecule has 1 aromatic heterocycles. The van der Waals surface area contributed by atoms with Crippen molar-refractivity contribution < 1.29 is 19.1 Å². The van der Waals surface area contributed by atoms with Crippen molar-refractivity contribution in [3.05, 3.63) is 43.0 Å². The number of rotatable bonds is 6. The molecular formula is C16H19N3O4. The van der Waals surface area contributed by atoms with E-state index in [4.69, 9.17) is 9.47 Å². The van der Waals surface area contributed by atoms with Gasteiger partial charge in [-0.15, -0.1) is 0 Å². The second-order valence-electron chi connectivity index (χ2n) is 5.93. The van der Waals surface area contributed by atoms with Crippen LogP contribution in [0.1, 0.15) is 27.0 Å². The number of esters is 1. The maximum atomic E-state index is 12.5. The molecule has 2 rings (SSSR count). The predicted octanol–water partition coefficient (Wildman–Crippen LogP) is 2.01. The Balaban J connectivity index is 2.03. The van der Waals surface area contributed by atoms with E-state index < -0.39 is 17.6 Å². The molecule has 23 heavy (non-hydrogen) atoms. The maximum absolute atomic E-state index is 12.5. The number of Topliss-reactive ketones (excluding diaryl/α,β-unsaturated/α-hetero) is 1. The molecule has 7 heteroatoms. The molecule has 1 aromatic carbocycles. The molecule has 0 saturated heterocycles. The molecule has 0 fully saturated rings. The van der Waals surface area contributed by atoms with E-state index in [1.165, 1.54) is 17.3 Å². The van der Waals surface area contributed by atoms with Gasteiger partial charge in [-0.3, -0.25) is 4.79 Å². The SMILES string of the molecule is CC(C)(C)C(=O)C(OC(=O)COc1ccccc1)n1cncn1. The van der Waals surface area contributed by atoms with Gasteiger partial charge in [0.25, 0.3) is 6.23 Å². The summed E-state index contributed by atoms with van der Waals surface area (Å²) in [6.07, 6.45) is 1.45. The molecule has 1 heterocycles. The van der Waals surface area contributed by atoms with Gasteiger partial charge in [-0.25, -0.2) is 14.5 Å². The summed E-state index contributed by atoms with van der Waals surface area (Å²) in [6, 6.07) is 8.88. The van der Waals surface area contributed by atoms with Gasteiger partial charge in [0.1, 0.15) is 18.4 Å². The number of benzene rings is 1. The number of nitrogens with zero attached hydrogens (tertiary/aromatic N) is 3. The standard InChI is InChI=1S/C16H19N3O4/c1-16(2,3)14(21)15(19-11-17-10-18-19)23-13(20)9-22-12-7-5-4-6-8-12/h4-8,10-11,15H,9H2,1-3H3. The molecule has 122 valence electrons. The average molecular weight is 317 g/mol. The van der Waals surface area contributed by atoms with Crippen molar-refractivity contribution in [3.8, 4) is 5.75 Å². The zero-order valence-electron chi connectivity index (χ0n) is 13.3. The zero-order chi connectivity index (χ0) is 16.9. The van der Waals surface area contributed by atoms with Gasteiger partial charge >= 0.3 is 5.97 Å². The van der Waals surface area contributed by atoms with Crippen LogP contribution >= 0.6 is 0 Å². The minimum absolute atomic E-state index is 0.281. The fourth-order valence-corrected chi connectivity index (χ4v) is 1.75. The Morgan fingerprint density at radius 2 is 1.91 bits per heavy atom.